The molecule has 1 N–H and O–H groups in total. The van der Waals surface area contributed by atoms with E-state index < -0.39 is 6.04 Å². The van der Waals surface area contributed by atoms with Crippen LogP contribution in [0.3, 0.4) is 0 Å². The van der Waals surface area contributed by atoms with E-state index in [-0.39, 0.29) is 24.3 Å². The Kier molecular flexibility index (Phi) is 8.07. The van der Waals surface area contributed by atoms with Crippen molar-refractivity contribution in [3.63, 3.8) is 0 Å². The summed E-state index contributed by atoms with van der Waals surface area (Å²) in [6.07, 6.45) is 0.202. The minimum atomic E-state index is -0.602. The number of ether oxygens (including phenoxy) is 2. The molecule has 0 aliphatic heterocycles. The van der Waals surface area contributed by atoms with Gasteiger partial charge < -0.3 is 19.7 Å². The van der Waals surface area contributed by atoms with Gasteiger partial charge in [-0.25, -0.2) is 0 Å². The quantitative estimate of drug-likeness (QED) is 0.704. The van der Waals surface area contributed by atoms with Crippen LogP contribution in [0.2, 0.25) is 0 Å². The molecule has 0 unspecified atom stereocenters. The van der Waals surface area contributed by atoms with Gasteiger partial charge in [0.25, 0.3) is 0 Å². The molecule has 2 aromatic carbocycles. The van der Waals surface area contributed by atoms with E-state index in [0.717, 1.165) is 16.9 Å². The molecule has 1 atom stereocenters. The summed E-state index contributed by atoms with van der Waals surface area (Å²) < 4.78 is 10.4. The number of amides is 2. The number of rotatable bonds is 9. The number of hydrogen-bond donors (Lipinski definition) is 1. The van der Waals surface area contributed by atoms with Crippen LogP contribution in [0.5, 0.6) is 11.5 Å². The Morgan fingerprint density at radius 2 is 1.59 bits per heavy atom. The lowest BCUT2D eigenvalue weighted by Crippen LogP contribution is -2.49. The fourth-order valence-corrected chi connectivity index (χ4v) is 2.97. The maximum Gasteiger partial charge on any atom is 0.242 e. The van der Waals surface area contributed by atoms with Crippen molar-refractivity contribution in [2.24, 2.45) is 0 Å². The number of nitrogens with one attached hydrogen (secondary N) is 1. The van der Waals surface area contributed by atoms with Crippen LogP contribution in [0.4, 0.5) is 0 Å². The lowest BCUT2D eigenvalue weighted by atomic mass is 10.1. The van der Waals surface area contributed by atoms with Gasteiger partial charge in [-0.15, -0.1) is 0 Å². The van der Waals surface area contributed by atoms with Gasteiger partial charge in [0.05, 0.1) is 20.6 Å². The molecule has 0 aromatic heterocycles. The Labute approximate surface area is 172 Å². The molecule has 0 bridgehead atoms. The highest BCUT2D eigenvalue weighted by atomic mass is 16.5. The molecular formula is C23H30N2O4. The second kappa shape index (κ2) is 10.5. The molecule has 6 nitrogen and oxygen atoms in total. The largest absolute Gasteiger partial charge is 0.497 e. The minimum absolute atomic E-state index is 0.000287. The molecule has 29 heavy (non-hydrogen) atoms. The van der Waals surface area contributed by atoms with E-state index in [1.54, 1.807) is 26.0 Å². The first-order valence-electron chi connectivity index (χ1n) is 9.69. The Morgan fingerprint density at radius 1 is 0.931 bits per heavy atom. The van der Waals surface area contributed by atoms with E-state index in [1.807, 2.05) is 62.4 Å². The minimum Gasteiger partial charge on any atom is -0.497 e. The molecule has 0 aliphatic rings. The first-order valence-corrected chi connectivity index (χ1v) is 9.69. The SMILES string of the molecule is COc1ccc(CC(=O)N(Cc2cccc(OC)c2)[C@H](C)C(=O)NC(C)C)cc1. The van der Waals surface area contributed by atoms with Gasteiger partial charge in [-0.3, -0.25) is 9.59 Å². The van der Waals surface area contributed by atoms with Crippen LogP contribution in [-0.4, -0.2) is 43.0 Å². The molecule has 156 valence electrons. The van der Waals surface area contributed by atoms with Crippen molar-refractivity contribution in [2.75, 3.05) is 14.2 Å². The van der Waals surface area contributed by atoms with Crippen molar-refractivity contribution >= 4 is 11.8 Å². The zero-order valence-electron chi connectivity index (χ0n) is 17.8. The molecule has 0 saturated heterocycles. The molecule has 0 heterocycles. The number of benzene rings is 2. The van der Waals surface area contributed by atoms with Crippen LogP contribution in [0, 0.1) is 0 Å². The summed E-state index contributed by atoms with van der Waals surface area (Å²) in [6.45, 7) is 5.87. The van der Waals surface area contributed by atoms with Gasteiger partial charge >= 0.3 is 0 Å². The molecule has 0 saturated carbocycles. The number of nitrogens with zero attached hydrogens (tertiary/aromatic N) is 1. The Morgan fingerprint density at radius 3 is 2.17 bits per heavy atom. The summed E-state index contributed by atoms with van der Waals surface area (Å²) >= 11 is 0. The molecule has 0 aliphatic carbocycles. The fraction of sp³-hybridized carbons (Fsp3) is 0.391. The summed E-state index contributed by atoms with van der Waals surface area (Å²) in [4.78, 5) is 27.4. The number of carbonyl (C=O) groups excluding carboxylic acids is 2. The van der Waals surface area contributed by atoms with Crippen molar-refractivity contribution in [3.05, 3.63) is 59.7 Å². The predicted molar refractivity (Wildman–Crippen MR) is 113 cm³/mol. The van der Waals surface area contributed by atoms with Crippen LogP contribution in [0.25, 0.3) is 0 Å². The van der Waals surface area contributed by atoms with Gasteiger partial charge in [0.2, 0.25) is 11.8 Å². The van der Waals surface area contributed by atoms with Crippen LogP contribution in [0.15, 0.2) is 48.5 Å². The topological polar surface area (TPSA) is 67.9 Å². The number of methoxy groups -OCH3 is 2. The highest BCUT2D eigenvalue weighted by Crippen LogP contribution is 2.18. The maximum atomic E-state index is 13.1. The molecule has 2 aromatic rings. The van der Waals surface area contributed by atoms with Crippen LogP contribution in [-0.2, 0) is 22.6 Å². The summed E-state index contributed by atoms with van der Waals surface area (Å²) in [5.74, 6) is 1.15. The van der Waals surface area contributed by atoms with Crippen molar-refractivity contribution in [3.8, 4) is 11.5 Å². The third kappa shape index (κ3) is 6.52. The van der Waals surface area contributed by atoms with Gasteiger partial charge in [0.15, 0.2) is 0 Å². The molecule has 0 fully saturated rings. The van der Waals surface area contributed by atoms with Gasteiger partial charge in [-0.05, 0) is 56.2 Å². The van der Waals surface area contributed by atoms with Crippen LogP contribution in [0.1, 0.15) is 31.9 Å². The van der Waals surface area contributed by atoms with E-state index in [4.69, 9.17) is 9.47 Å². The van der Waals surface area contributed by atoms with Crippen LogP contribution >= 0.6 is 0 Å². The highest BCUT2D eigenvalue weighted by Gasteiger charge is 2.26. The van der Waals surface area contributed by atoms with Gasteiger partial charge in [0, 0.05) is 12.6 Å². The van der Waals surface area contributed by atoms with Crippen molar-refractivity contribution in [1.82, 2.24) is 10.2 Å². The molecular weight excluding hydrogens is 368 g/mol. The standard InChI is InChI=1S/C23H30N2O4/c1-16(2)24-23(27)17(3)25(15-19-7-6-8-21(13-19)29-5)22(26)14-18-9-11-20(28-4)12-10-18/h6-13,16-17H,14-15H2,1-5H3,(H,24,27)/t17-/m1/s1. The van der Waals surface area contributed by atoms with Crippen molar-refractivity contribution in [2.45, 2.75) is 45.8 Å². The summed E-state index contributed by atoms with van der Waals surface area (Å²) in [5, 5.41) is 2.89. The third-order valence-corrected chi connectivity index (χ3v) is 4.60. The van der Waals surface area contributed by atoms with E-state index in [2.05, 4.69) is 5.32 Å². The van der Waals surface area contributed by atoms with Gasteiger partial charge in [0.1, 0.15) is 17.5 Å². The first kappa shape index (κ1) is 22.3. The van der Waals surface area contributed by atoms with E-state index in [0.29, 0.717) is 12.3 Å². The molecule has 2 rings (SSSR count). The third-order valence-electron chi connectivity index (χ3n) is 4.60. The zero-order chi connectivity index (χ0) is 21.4. The fourth-order valence-electron chi connectivity index (χ4n) is 2.97. The van der Waals surface area contributed by atoms with E-state index in [1.165, 1.54) is 0 Å². The second-order valence-corrected chi connectivity index (χ2v) is 7.24. The molecule has 0 radical (unpaired) electrons. The monoisotopic (exact) mass is 398 g/mol. The average molecular weight is 399 g/mol. The Balaban J connectivity index is 2.23. The summed E-state index contributed by atoms with van der Waals surface area (Å²) in [6, 6.07) is 14.3. The molecule has 2 amide bonds. The number of carbonyl (C=O) groups is 2. The van der Waals surface area contributed by atoms with E-state index >= 15 is 0 Å². The maximum absolute atomic E-state index is 13.1. The Bertz CT molecular complexity index is 818. The molecule has 6 heteroatoms. The lowest BCUT2D eigenvalue weighted by molar-refractivity contribution is -0.140. The predicted octanol–water partition coefficient (Wildman–Crippen LogP) is 3.19. The van der Waals surface area contributed by atoms with Gasteiger partial charge in [-0.1, -0.05) is 24.3 Å². The first-order chi connectivity index (χ1) is 13.8. The van der Waals surface area contributed by atoms with E-state index in [9.17, 15) is 9.59 Å². The van der Waals surface area contributed by atoms with Crippen molar-refractivity contribution < 1.29 is 19.1 Å². The van der Waals surface area contributed by atoms with Crippen LogP contribution < -0.4 is 14.8 Å². The second-order valence-electron chi connectivity index (χ2n) is 7.24. The average Bonchev–Trinajstić information content (AvgIpc) is 2.71. The molecule has 0 spiro atoms. The van der Waals surface area contributed by atoms with Crippen molar-refractivity contribution in [1.29, 1.82) is 0 Å². The lowest BCUT2D eigenvalue weighted by Gasteiger charge is -2.29. The highest BCUT2D eigenvalue weighted by molar-refractivity contribution is 5.88. The zero-order valence-corrected chi connectivity index (χ0v) is 17.8. The smallest absolute Gasteiger partial charge is 0.242 e. The summed E-state index contributed by atoms with van der Waals surface area (Å²) in [7, 11) is 3.20. The number of hydrogen-bond acceptors (Lipinski definition) is 4. The van der Waals surface area contributed by atoms with Gasteiger partial charge in [-0.2, -0.15) is 0 Å². The Hall–Kier alpha value is -3.02. The summed E-state index contributed by atoms with van der Waals surface area (Å²) in [5.41, 5.74) is 1.76. The normalized spacial score (nSPS) is 11.7.